The Hall–Kier alpha value is 0.370. The third-order valence-corrected chi connectivity index (χ3v) is 4.97. The van der Waals surface area contributed by atoms with Crippen molar-refractivity contribution in [2.24, 2.45) is 0 Å². The lowest BCUT2D eigenvalue weighted by Crippen LogP contribution is -2.04. The smallest absolute Gasteiger partial charge is 0.303 e. The molecular weight excluding hydrogens is 547 g/mol. The summed E-state index contributed by atoms with van der Waals surface area (Å²) in [4.78, 5) is 10.5. The molecule has 16 heavy (non-hydrogen) atoms. The number of nitrogens with zero attached hydrogens (tertiary/aromatic N) is 1. The topological polar surface area (TPSA) is 61.1 Å². The van der Waals surface area contributed by atoms with Gasteiger partial charge in [0.2, 0.25) is 0 Å². The SMILES string of the molecule is N#Cc1c(I)cc(I)c(CCC(=O)O)c1I. The molecule has 0 fully saturated rings. The van der Waals surface area contributed by atoms with Crippen LogP contribution in [0, 0.1) is 22.0 Å². The van der Waals surface area contributed by atoms with Crippen molar-refractivity contribution in [2.75, 3.05) is 0 Å². The Balaban J connectivity index is 3.19. The molecule has 0 aliphatic carbocycles. The quantitative estimate of drug-likeness (QED) is 0.585. The van der Waals surface area contributed by atoms with Crippen molar-refractivity contribution >= 4 is 73.7 Å². The molecular formula is C10H6I3NO2. The van der Waals surface area contributed by atoms with Gasteiger partial charge in [0.05, 0.1) is 5.56 Å². The first kappa shape index (κ1) is 14.4. The van der Waals surface area contributed by atoms with Crippen LogP contribution in [0.25, 0.3) is 0 Å². The standard InChI is InChI=1S/C10H6I3NO2/c11-7-3-8(12)6(4-14)10(13)5(7)1-2-9(15)16/h3H,1-2H2,(H,15,16). The summed E-state index contributed by atoms with van der Waals surface area (Å²) in [6.45, 7) is 0. The molecule has 0 spiro atoms. The summed E-state index contributed by atoms with van der Waals surface area (Å²) in [5.74, 6) is -0.816. The van der Waals surface area contributed by atoms with E-state index in [1.807, 2.05) is 6.07 Å². The van der Waals surface area contributed by atoms with Gasteiger partial charge in [-0.2, -0.15) is 5.26 Å². The zero-order valence-electron chi connectivity index (χ0n) is 7.93. The van der Waals surface area contributed by atoms with E-state index in [4.69, 9.17) is 10.4 Å². The molecule has 0 heterocycles. The molecule has 0 saturated carbocycles. The van der Waals surface area contributed by atoms with Crippen molar-refractivity contribution in [2.45, 2.75) is 12.8 Å². The predicted molar refractivity (Wildman–Crippen MR) is 85.3 cm³/mol. The van der Waals surface area contributed by atoms with E-state index in [0.29, 0.717) is 12.0 Å². The minimum Gasteiger partial charge on any atom is -0.481 e. The minimum absolute atomic E-state index is 0.0947. The van der Waals surface area contributed by atoms with Crippen LogP contribution in [0.1, 0.15) is 17.5 Å². The van der Waals surface area contributed by atoms with E-state index in [1.165, 1.54) is 0 Å². The summed E-state index contributed by atoms with van der Waals surface area (Å²) in [6.07, 6.45) is 0.564. The van der Waals surface area contributed by atoms with Gasteiger partial charge < -0.3 is 5.11 Å². The molecule has 0 aliphatic heterocycles. The first-order valence-electron chi connectivity index (χ1n) is 4.25. The number of aliphatic carboxylic acids is 1. The van der Waals surface area contributed by atoms with Crippen LogP contribution in [0.15, 0.2) is 6.07 Å². The van der Waals surface area contributed by atoms with Crippen LogP contribution in [0.3, 0.4) is 0 Å². The van der Waals surface area contributed by atoms with Crippen LogP contribution < -0.4 is 0 Å². The van der Waals surface area contributed by atoms with Gasteiger partial charge in [-0.15, -0.1) is 0 Å². The van der Waals surface area contributed by atoms with Crippen molar-refractivity contribution in [3.8, 4) is 6.07 Å². The van der Waals surface area contributed by atoms with Crippen LogP contribution >= 0.6 is 67.8 Å². The van der Waals surface area contributed by atoms with Crippen LogP contribution in [0.2, 0.25) is 0 Å². The van der Waals surface area contributed by atoms with E-state index in [1.54, 1.807) is 0 Å². The molecule has 1 aromatic carbocycles. The van der Waals surface area contributed by atoms with Gasteiger partial charge in [0.15, 0.2) is 0 Å². The second kappa shape index (κ2) is 6.34. The molecule has 0 amide bonds. The molecule has 0 atom stereocenters. The van der Waals surface area contributed by atoms with Crippen LogP contribution in [0.4, 0.5) is 0 Å². The maximum Gasteiger partial charge on any atom is 0.303 e. The number of carboxylic acids is 1. The number of nitriles is 1. The van der Waals surface area contributed by atoms with E-state index >= 15 is 0 Å². The monoisotopic (exact) mass is 553 g/mol. The zero-order valence-corrected chi connectivity index (χ0v) is 14.4. The number of carboxylic acid groups (broad SMARTS) is 1. The first-order chi connectivity index (χ1) is 7.47. The minimum atomic E-state index is -0.816. The first-order valence-corrected chi connectivity index (χ1v) is 7.49. The number of hydrogen-bond acceptors (Lipinski definition) is 2. The molecule has 3 nitrogen and oxygen atoms in total. The average molecular weight is 553 g/mol. The normalized spacial score (nSPS) is 9.88. The zero-order chi connectivity index (χ0) is 12.3. The summed E-state index contributed by atoms with van der Waals surface area (Å²) < 4.78 is 2.80. The Bertz CT molecular complexity index is 480. The predicted octanol–water partition coefficient (Wildman–Crippen LogP) is 3.39. The van der Waals surface area contributed by atoms with Crippen molar-refractivity contribution in [3.05, 3.63) is 27.9 Å². The van der Waals surface area contributed by atoms with E-state index in [2.05, 4.69) is 73.8 Å². The van der Waals surface area contributed by atoms with Gasteiger partial charge in [0.25, 0.3) is 0 Å². The van der Waals surface area contributed by atoms with Crippen molar-refractivity contribution < 1.29 is 9.90 Å². The van der Waals surface area contributed by atoms with Gasteiger partial charge >= 0.3 is 5.97 Å². The highest BCUT2D eigenvalue weighted by atomic mass is 127. The van der Waals surface area contributed by atoms with E-state index in [0.717, 1.165) is 16.3 Å². The average Bonchev–Trinajstić information content (AvgIpc) is 2.16. The summed E-state index contributed by atoms with van der Waals surface area (Å²) >= 11 is 6.42. The highest BCUT2D eigenvalue weighted by Crippen LogP contribution is 2.28. The Morgan fingerprint density at radius 1 is 1.38 bits per heavy atom. The number of halogens is 3. The molecule has 1 rings (SSSR count). The molecule has 0 saturated heterocycles. The van der Waals surface area contributed by atoms with E-state index in [9.17, 15) is 4.79 Å². The third kappa shape index (κ3) is 3.43. The largest absolute Gasteiger partial charge is 0.481 e. The summed E-state index contributed by atoms with van der Waals surface area (Å²) in [6, 6.07) is 4.07. The lowest BCUT2D eigenvalue weighted by Gasteiger charge is -2.09. The summed E-state index contributed by atoms with van der Waals surface area (Å²) in [5, 5.41) is 17.7. The molecule has 1 aromatic rings. The van der Waals surface area contributed by atoms with Crippen LogP contribution in [-0.4, -0.2) is 11.1 Å². The molecule has 6 heteroatoms. The van der Waals surface area contributed by atoms with Gasteiger partial charge in [-0.25, -0.2) is 0 Å². The molecule has 0 aromatic heterocycles. The fourth-order valence-electron chi connectivity index (χ4n) is 1.19. The Kier molecular flexibility index (Phi) is 5.72. The highest BCUT2D eigenvalue weighted by molar-refractivity contribution is 14.1. The third-order valence-electron chi connectivity index (χ3n) is 1.97. The molecule has 0 unspecified atom stereocenters. The number of benzene rings is 1. The van der Waals surface area contributed by atoms with Gasteiger partial charge in [0, 0.05) is 17.1 Å². The molecule has 1 N–H and O–H groups in total. The number of hydrogen-bond donors (Lipinski definition) is 1. The fourth-order valence-corrected chi connectivity index (χ4v) is 5.35. The van der Waals surface area contributed by atoms with Crippen molar-refractivity contribution in [3.63, 3.8) is 0 Å². The molecule has 0 aliphatic rings. The van der Waals surface area contributed by atoms with E-state index < -0.39 is 5.97 Å². The van der Waals surface area contributed by atoms with Gasteiger partial charge in [-0.05, 0) is 85.8 Å². The molecule has 0 radical (unpaired) electrons. The lowest BCUT2D eigenvalue weighted by atomic mass is 10.1. The molecule has 84 valence electrons. The van der Waals surface area contributed by atoms with Crippen LogP contribution in [-0.2, 0) is 11.2 Å². The Labute approximate surface area is 134 Å². The Morgan fingerprint density at radius 3 is 2.50 bits per heavy atom. The van der Waals surface area contributed by atoms with Crippen molar-refractivity contribution in [1.82, 2.24) is 0 Å². The number of carbonyl (C=O) groups is 1. The molecule has 0 bridgehead atoms. The lowest BCUT2D eigenvalue weighted by molar-refractivity contribution is -0.136. The van der Waals surface area contributed by atoms with Gasteiger partial charge in [-0.1, -0.05) is 0 Å². The maximum atomic E-state index is 10.5. The van der Waals surface area contributed by atoms with Crippen LogP contribution in [0.5, 0.6) is 0 Å². The van der Waals surface area contributed by atoms with Gasteiger partial charge in [-0.3, -0.25) is 4.79 Å². The highest BCUT2D eigenvalue weighted by Gasteiger charge is 2.14. The summed E-state index contributed by atoms with van der Waals surface area (Å²) in [5.41, 5.74) is 1.60. The Morgan fingerprint density at radius 2 is 2.00 bits per heavy atom. The summed E-state index contributed by atoms with van der Waals surface area (Å²) in [7, 11) is 0. The fraction of sp³-hybridized carbons (Fsp3) is 0.200. The second-order valence-electron chi connectivity index (χ2n) is 3.01. The second-order valence-corrected chi connectivity index (χ2v) is 6.42. The van der Waals surface area contributed by atoms with Crippen molar-refractivity contribution in [1.29, 1.82) is 5.26 Å². The van der Waals surface area contributed by atoms with E-state index in [-0.39, 0.29) is 6.42 Å². The van der Waals surface area contributed by atoms with Gasteiger partial charge in [0.1, 0.15) is 6.07 Å². The number of rotatable bonds is 3. The maximum absolute atomic E-state index is 10.5.